The van der Waals surface area contributed by atoms with Gasteiger partial charge >= 0.3 is 86.3 Å². The standard InChI is InChI=1S/2C11H17NO5.C10H15NO5.CH4.I3.I2/c2*1-7(13)12-6-4-5-8(10(14)16-2)9(12)11(15)17-3;1-6(12)11-5-3-4-7(9(13)14)8(11)10(15)16-2;;1-3-2;1-2/h2*8-9H,4-6H2,1-3H3;7-8H,3-5H2,1-2H3,(H,13,14);1H4;;/q;;;;-1;/t8-,9+;;7-,8+;;;/m1.0.../s1. The summed E-state index contributed by atoms with van der Waals surface area (Å²) < 4.78 is 23.2. The van der Waals surface area contributed by atoms with Crippen LogP contribution in [0.1, 0.15) is 66.7 Å². The molecule has 23 heteroatoms. The summed E-state index contributed by atoms with van der Waals surface area (Å²) >= 11 is 9.54. The van der Waals surface area contributed by atoms with E-state index in [0.717, 1.165) is 0 Å². The number of carbonyl (C=O) groups is 9. The Balaban J connectivity index is -0.000000704. The summed E-state index contributed by atoms with van der Waals surface area (Å²) in [5.41, 5.74) is 0. The molecule has 0 bridgehead atoms. The van der Waals surface area contributed by atoms with Crippen molar-refractivity contribution >= 4 is 128 Å². The van der Waals surface area contributed by atoms with Crippen molar-refractivity contribution in [2.75, 3.05) is 55.2 Å². The number of ether oxygens (including phenoxy) is 5. The molecule has 326 valence electrons. The third-order valence-corrected chi connectivity index (χ3v) is 8.76. The molecule has 56 heavy (non-hydrogen) atoms. The van der Waals surface area contributed by atoms with Gasteiger partial charge in [-0.25, -0.2) is 14.4 Å². The minimum atomic E-state index is -1.07. The molecule has 6 atom stereocenters. The molecule has 3 saturated heterocycles. The van der Waals surface area contributed by atoms with Crippen LogP contribution in [0.2, 0.25) is 0 Å². The van der Waals surface area contributed by atoms with Gasteiger partial charge < -0.3 is 43.5 Å². The van der Waals surface area contributed by atoms with Crippen LogP contribution >= 0.6 is 74.5 Å². The first-order valence-electron chi connectivity index (χ1n) is 16.4. The summed E-state index contributed by atoms with van der Waals surface area (Å²) in [6.07, 6.45) is 3.37. The maximum absolute atomic E-state index is 11.7. The van der Waals surface area contributed by atoms with Gasteiger partial charge in [-0.1, -0.05) is 7.43 Å². The van der Waals surface area contributed by atoms with Gasteiger partial charge in [-0.15, -0.1) is 0 Å². The Kier molecular flexibility index (Phi) is 34.6. The number of rotatable bonds is 6. The molecule has 2 unspecified atom stereocenters. The van der Waals surface area contributed by atoms with Crippen molar-refractivity contribution in [1.82, 2.24) is 14.7 Å². The van der Waals surface area contributed by atoms with Crippen molar-refractivity contribution in [1.29, 1.82) is 0 Å². The number of methoxy groups -OCH3 is 5. The number of hydrogen-bond acceptors (Lipinski definition) is 14. The summed E-state index contributed by atoms with van der Waals surface area (Å²) in [4.78, 5) is 107. The van der Waals surface area contributed by atoms with Crippen molar-refractivity contribution in [2.45, 2.75) is 84.8 Å². The minimum absolute atomic E-state index is 0. The van der Waals surface area contributed by atoms with Crippen LogP contribution in [0.15, 0.2) is 0 Å². The van der Waals surface area contributed by atoms with E-state index in [2.05, 4.69) is 98.1 Å². The number of halogens is 5. The zero-order valence-corrected chi connectivity index (χ0v) is 42.5. The first-order valence-corrected chi connectivity index (χ1v) is 35.3. The van der Waals surface area contributed by atoms with Gasteiger partial charge in [0.2, 0.25) is 17.7 Å². The van der Waals surface area contributed by atoms with Gasteiger partial charge in [-0.3, -0.25) is 28.8 Å². The molecule has 3 amide bonds. The Hall–Kier alpha value is -1.12. The van der Waals surface area contributed by atoms with Gasteiger partial charge in [0.15, 0.2) is 0 Å². The molecule has 0 aromatic rings. The number of carbonyl (C=O) groups excluding carboxylic acids is 8. The number of aliphatic carboxylic acids is 1. The van der Waals surface area contributed by atoms with Crippen molar-refractivity contribution < 1.29 is 85.2 Å². The van der Waals surface area contributed by atoms with E-state index in [4.69, 9.17) is 5.11 Å². The van der Waals surface area contributed by atoms with Crippen molar-refractivity contribution in [2.24, 2.45) is 17.8 Å². The summed E-state index contributed by atoms with van der Waals surface area (Å²) in [7, 11) is 6.20. The van der Waals surface area contributed by atoms with E-state index >= 15 is 0 Å². The van der Waals surface area contributed by atoms with Gasteiger partial charge in [0.1, 0.15) is 18.1 Å². The maximum atomic E-state index is 11.7. The predicted molar refractivity (Wildman–Crippen MR) is 232 cm³/mol. The molecular weight excluding hydrogens is 1310 g/mol. The van der Waals surface area contributed by atoms with E-state index in [-0.39, 0.29) is 25.1 Å². The monoisotopic (exact) mass is 1370 g/mol. The number of carboxylic acid groups (broad SMARTS) is 1. The molecule has 3 rings (SSSR count). The van der Waals surface area contributed by atoms with E-state index < -0.39 is 71.7 Å². The second-order valence-electron chi connectivity index (χ2n) is 11.7. The van der Waals surface area contributed by atoms with Crippen molar-refractivity contribution in [3.63, 3.8) is 0 Å². The van der Waals surface area contributed by atoms with E-state index in [1.54, 1.807) is 0 Å². The quantitative estimate of drug-likeness (QED) is 0.222. The van der Waals surface area contributed by atoms with Gasteiger partial charge in [-0.2, -0.15) is 0 Å². The SMILES string of the molecule is C.COC(=O)C1CCCN(C(C)=O)C1C(=O)OC.COC(=O)[C@@H]1[C@H](C(=O)OC)CCCN1C(C)=O.COC(=O)[C@H]1[C@@H](C(=O)O)CCCN1C(C)=O.II.I[I-]I. The molecule has 0 spiro atoms. The molecule has 3 aliphatic heterocycles. The van der Waals surface area contributed by atoms with E-state index in [1.807, 2.05) is 0 Å². The number of esters is 5. The van der Waals surface area contributed by atoms with Crippen LogP contribution in [0.4, 0.5) is 0 Å². The Morgan fingerprint density at radius 3 is 0.911 bits per heavy atom. The number of nitrogens with zero attached hydrogens (tertiary/aromatic N) is 3. The number of piperidine rings is 3. The summed E-state index contributed by atoms with van der Waals surface area (Å²) in [6.45, 7) is 5.38. The average Bonchev–Trinajstić information content (AvgIpc) is 3.19. The first kappa shape index (κ1) is 59.2. The van der Waals surface area contributed by atoms with E-state index in [9.17, 15) is 43.2 Å². The third kappa shape index (κ3) is 18.9. The molecule has 18 nitrogen and oxygen atoms in total. The van der Waals surface area contributed by atoms with Crippen LogP contribution in [0.3, 0.4) is 0 Å². The fourth-order valence-electron chi connectivity index (χ4n) is 6.34. The van der Waals surface area contributed by atoms with Crippen LogP contribution in [0.5, 0.6) is 0 Å². The molecule has 3 heterocycles. The molecule has 0 aromatic heterocycles. The molecule has 0 aliphatic carbocycles. The molecule has 0 saturated carbocycles. The van der Waals surface area contributed by atoms with E-state index in [0.29, 0.717) is 71.4 Å². The average molecular weight is 1370 g/mol. The summed E-state index contributed by atoms with van der Waals surface area (Å²) in [6, 6.07) is -2.72. The number of hydrogen-bond donors (Lipinski definition) is 1. The van der Waals surface area contributed by atoms with Crippen LogP contribution < -0.4 is 13.3 Å². The van der Waals surface area contributed by atoms with Gasteiger partial charge in [0, 0.05) is 77.6 Å². The second kappa shape index (κ2) is 32.7. The van der Waals surface area contributed by atoms with Gasteiger partial charge in [0.05, 0.1) is 53.3 Å². The first-order chi connectivity index (χ1) is 25.9. The van der Waals surface area contributed by atoms with Crippen molar-refractivity contribution in [3.05, 3.63) is 0 Å². The number of carboxylic acids is 1. The molecule has 1 N–H and O–H groups in total. The zero-order chi connectivity index (χ0) is 43.0. The Morgan fingerprint density at radius 2 is 0.714 bits per heavy atom. The predicted octanol–water partition coefficient (Wildman–Crippen LogP) is 0.973. The summed E-state index contributed by atoms with van der Waals surface area (Å²) in [5, 5.41) is 9.01. The second-order valence-corrected chi connectivity index (χ2v) is 28.0. The normalized spacial score (nSPS) is 22.2. The molecule has 3 aliphatic rings. The summed E-state index contributed by atoms with van der Waals surface area (Å²) in [5.74, 6) is -6.77. The van der Waals surface area contributed by atoms with E-state index in [1.165, 1.54) is 71.0 Å². The molecule has 3 fully saturated rings. The van der Waals surface area contributed by atoms with Crippen molar-refractivity contribution in [3.8, 4) is 0 Å². The fourth-order valence-corrected chi connectivity index (χ4v) is 6.34. The topological polar surface area (TPSA) is 230 Å². The van der Waals surface area contributed by atoms with Gasteiger partial charge in [0.25, 0.3) is 0 Å². The van der Waals surface area contributed by atoms with Crippen LogP contribution in [0, 0.1) is 17.8 Å². The van der Waals surface area contributed by atoms with Crippen LogP contribution in [-0.2, 0) is 66.8 Å². The number of amides is 3. The van der Waals surface area contributed by atoms with Crippen LogP contribution in [0.25, 0.3) is 0 Å². The zero-order valence-electron chi connectivity index (χ0n) is 31.7. The Bertz CT molecular complexity index is 1230. The Morgan fingerprint density at radius 1 is 0.500 bits per heavy atom. The third-order valence-electron chi connectivity index (χ3n) is 8.76. The number of likely N-dealkylation sites (tertiary alicyclic amines) is 3. The molecule has 0 radical (unpaired) electrons. The van der Waals surface area contributed by atoms with Gasteiger partial charge in [-0.05, 0) is 38.5 Å². The fraction of sp³-hybridized carbons (Fsp3) is 0.727. The van der Waals surface area contributed by atoms with Crippen LogP contribution in [-0.4, -0.2) is 147 Å². The molecule has 0 aromatic carbocycles. The molecular formula is C33H53I5N3O15-. The Labute approximate surface area is 381 Å².